The van der Waals surface area contributed by atoms with Gasteiger partial charge in [0.2, 0.25) is 0 Å². The van der Waals surface area contributed by atoms with Crippen molar-refractivity contribution in [2.75, 3.05) is 5.32 Å². The van der Waals surface area contributed by atoms with E-state index in [4.69, 9.17) is 0 Å². The highest BCUT2D eigenvalue weighted by Crippen LogP contribution is 2.30. The summed E-state index contributed by atoms with van der Waals surface area (Å²) in [5, 5.41) is 2.28. The number of para-hydroxylation sites is 2. The number of alkyl halides is 3. The zero-order valence-corrected chi connectivity index (χ0v) is 10.4. The van der Waals surface area contributed by atoms with Gasteiger partial charge in [0.05, 0.1) is 5.69 Å². The maximum atomic E-state index is 12.8. The number of carbonyl (C=O) groups is 1. The van der Waals surface area contributed by atoms with Crippen molar-refractivity contribution in [3.8, 4) is 5.75 Å². The van der Waals surface area contributed by atoms with Crippen LogP contribution in [0.1, 0.15) is 10.4 Å². The molecular weight excluding hydrogens is 290 g/mol. The van der Waals surface area contributed by atoms with E-state index in [0.717, 1.165) is 18.2 Å². The van der Waals surface area contributed by atoms with Crippen molar-refractivity contribution in [3.63, 3.8) is 0 Å². The van der Waals surface area contributed by atoms with Crippen molar-refractivity contribution in [1.29, 1.82) is 0 Å². The Morgan fingerprint density at radius 1 is 1.00 bits per heavy atom. The van der Waals surface area contributed by atoms with Gasteiger partial charge in [0.25, 0.3) is 5.91 Å². The molecule has 1 N–H and O–H groups in total. The van der Waals surface area contributed by atoms with E-state index in [2.05, 4.69) is 10.1 Å². The summed E-state index contributed by atoms with van der Waals surface area (Å²) in [7, 11) is 0. The van der Waals surface area contributed by atoms with Gasteiger partial charge in [-0.05, 0) is 36.4 Å². The van der Waals surface area contributed by atoms with Gasteiger partial charge in [0.15, 0.2) is 5.75 Å². The molecule has 0 fully saturated rings. The van der Waals surface area contributed by atoms with Gasteiger partial charge in [0.1, 0.15) is 5.82 Å². The van der Waals surface area contributed by atoms with E-state index in [1.807, 2.05) is 0 Å². The lowest BCUT2D eigenvalue weighted by Crippen LogP contribution is -2.19. The summed E-state index contributed by atoms with van der Waals surface area (Å²) < 4.78 is 53.3. The molecule has 21 heavy (non-hydrogen) atoms. The van der Waals surface area contributed by atoms with Gasteiger partial charge in [-0.15, -0.1) is 13.2 Å². The molecule has 2 rings (SSSR count). The molecule has 0 bridgehead atoms. The van der Waals surface area contributed by atoms with Gasteiger partial charge in [0, 0.05) is 5.56 Å². The van der Waals surface area contributed by atoms with Crippen LogP contribution in [0.25, 0.3) is 0 Å². The van der Waals surface area contributed by atoms with Crippen molar-refractivity contribution in [2.24, 2.45) is 0 Å². The minimum atomic E-state index is -4.86. The quantitative estimate of drug-likeness (QED) is 0.871. The first-order valence-electron chi connectivity index (χ1n) is 5.77. The summed E-state index contributed by atoms with van der Waals surface area (Å²) in [5.74, 6) is -1.72. The van der Waals surface area contributed by atoms with Crippen molar-refractivity contribution in [3.05, 3.63) is 59.9 Å². The summed E-state index contributed by atoms with van der Waals surface area (Å²) >= 11 is 0. The molecule has 0 radical (unpaired) electrons. The molecule has 0 saturated heterocycles. The maximum Gasteiger partial charge on any atom is 0.573 e. The molecule has 3 nitrogen and oxygen atoms in total. The van der Waals surface area contributed by atoms with Crippen LogP contribution in [0.15, 0.2) is 48.5 Å². The van der Waals surface area contributed by atoms with E-state index in [-0.39, 0.29) is 11.3 Å². The van der Waals surface area contributed by atoms with Crippen molar-refractivity contribution in [1.82, 2.24) is 0 Å². The smallest absolute Gasteiger partial charge is 0.404 e. The minimum Gasteiger partial charge on any atom is -0.404 e. The Kier molecular flexibility index (Phi) is 4.11. The van der Waals surface area contributed by atoms with Gasteiger partial charge in [-0.2, -0.15) is 0 Å². The second-order valence-corrected chi connectivity index (χ2v) is 4.00. The van der Waals surface area contributed by atoms with Gasteiger partial charge in [-0.3, -0.25) is 4.79 Å². The highest BCUT2D eigenvalue weighted by atomic mass is 19.4. The van der Waals surface area contributed by atoms with Gasteiger partial charge in [-0.25, -0.2) is 4.39 Å². The molecule has 0 aliphatic carbocycles. The first-order valence-corrected chi connectivity index (χ1v) is 5.77. The monoisotopic (exact) mass is 299 g/mol. The molecule has 7 heteroatoms. The number of anilines is 1. The highest BCUT2D eigenvalue weighted by Gasteiger charge is 2.32. The summed E-state index contributed by atoms with van der Waals surface area (Å²) in [6.45, 7) is 0. The molecule has 0 aliphatic rings. The molecule has 1 amide bonds. The van der Waals surface area contributed by atoms with E-state index < -0.39 is 23.8 Å². The van der Waals surface area contributed by atoms with Crippen molar-refractivity contribution < 1.29 is 27.1 Å². The number of halogens is 4. The normalized spacial score (nSPS) is 11.0. The Morgan fingerprint density at radius 3 is 2.24 bits per heavy atom. The largest absolute Gasteiger partial charge is 0.573 e. The number of nitrogens with one attached hydrogen (secondary N) is 1. The number of ether oxygens (including phenoxy) is 1. The van der Waals surface area contributed by atoms with Crippen LogP contribution < -0.4 is 10.1 Å². The van der Waals surface area contributed by atoms with E-state index in [9.17, 15) is 22.4 Å². The Labute approximate surface area is 117 Å². The number of hydrogen-bond acceptors (Lipinski definition) is 2. The lowest BCUT2D eigenvalue weighted by atomic mass is 10.2. The molecule has 0 saturated carbocycles. The fourth-order valence-electron chi connectivity index (χ4n) is 1.58. The molecule has 0 aliphatic heterocycles. The number of hydrogen-bond donors (Lipinski definition) is 1. The molecule has 0 spiro atoms. The summed E-state index contributed by atoms with van der Waals surface area (Å²) in [6.07, 6.45) is -4.86. The zero-order chi connectivity index (χ0) is 15.5. The first-order chi connectivity index (χ1) is 9.85. The van der Waals surface area contributed by atoms with Gasteiger partial charge in [-0.1, -0.05) is 12.1 Å². The Morgan fingerprint density at radius 2 is 1.62 bits per heavy atom. The first kappa shape index (κ1) is 14.8. The summed E-state index contributed by atoms with van der Waals surface area (Å²) in [4.78, 5) is 11.9. The fraction of sp³-hybridized carbons (Fsp3) is 0.0714. The second kappa shape index (κ2) is 5.82. The van der Waals surface area contributed by atoms with Crippen LogP contribution in [0, 0.1) is 5.82 Å². The van der Waals surface area contributed by atoms with E-state index in [1.54, 1.807) is 0 Å². The molecular formula is C14H9F4NO2. The fourth-order valence-corrected chi connectivity index (χ4v) is 1.58. The number of amides is 1. The summed E-state index contributed by atoms with van der Waals surface area (Å²) in [5.41, 5.74) is -0.0256. The molecule has 2 aromatic rings. The SMILES string of the molecule is O=C(Nc1ccccc1OC(F)(F)F)c1ccc(F)cc1. The molecule has 0 atom stereocenters. The zero-order valence-electron chi connectivity index (χ0n) is 10.4. The molecule has 2 aromatic carbocycles. The standard InChI is InChI=1S/C14H9F4NO2/c15-10-7-5-9(6-8-10)13(20)19-11-3-1-2-4-12(11)21-14(16,17)18/h1-8H,(H,19,20). The van der Waals surface area contributed by atoms with Crippen LogP contribution in [0.2, 0.25) is 0 Å². The third-order valence-electron chi connectivity index (χ3n) is 2.47. The highest BCUT2D eigenvalue weighted by molar-refractivity contribution is 6.04. The van der Waals surface area contributed by atoms with E-state index >= 15 is 0 Å². The average molecular weight is 299 g/mol. The third-order valence-corrected chi connectivity index (χ3v) is 2.47. The van der Waals surface area contributed by atoms with Gasteiger partial charge >= 0.3 is 6.36 Å². The predicted molar refractivity (Wildman–Crippen MR) is 67.5 cm³/mol. The molecule has 0 aromatic heterocycles. The van der Waals surface area contributed by atoms with Crippen LogP contribution >= 0.6 is 0 Å². The Bertz CT molecular complexity index is 638. The molecule has 0 unspecified atom stereocenters. The van der Waals surface area contributed by atoms with E-state index in [1.165, 1.54) is 30.3 Å². The van der Waals surface area contributed by atoms with Crippen LogP contribution in [-0.2, 0) is 0 Å². The van der Waals surface area contributed by atoms with Crippen LogP contribution in [0.3, 0.4) is 0 Å². The Hall–Kier alpha value is -2.57. The Balaban J connectivity index is 2.19. The number of carbonyl (C=O) groups excluding carboxylic acids is 1. The lowest BCUT2D eigenvalue weighted by molar-refractivity contribution is -0.274. The predicted octanol–water partition coefficient (Wildman–Crippen LogP) is 3.98. The lowest BCUT2D eigenvalue weighted by Gasteiger charge is -2.13. The van der Waals surface area contributed by atoms with Crippen molar-refractivity contribution in [2.45, 2.75) is 6.36 Å². The van der Waals surface area contributed by atoms with Crippen LogP contribution in [0.4, 0.5) is 23.2 Å². The minimum absolute atomic E-state index is 0.109. The van der Waals surface area contributed by atoms with Crippen molar-refractivity contribution >= 4 is 11.6 Å². The van der Waals surface area contributed by atoms with Crippen LogP contribution in [-0.4, -0.2) is 12.3 Å². The number of benzene rings is 2. The third kappa shape index (κ3) is 4.20. The maximum absolute atomic E-state index is 12.8. The topological polar surface area (TPSA) is 38.3 Å². The van der Waals surface area contributed by atoms with Gasteiger partial charge < -0.3 is 10.1 Å². The average Bonchev–Trinajstić information content (AvgIpc) is 2.40. The second-order valence-electron chi connectivity index (χ2n) is 4.00. The summed E-state index contributed by atoms with van der Waals surface area (Å²) in [6, 6.07) is 9.73. The molecule has 110 valence electrons. The number of rotatable bonds is 3. The van der Waals surface area contributed by atoms with E-state index in [0.29, 0.717) is 0 Å². The molecule has 0 heterocycles. The van der Waals surface area contributed by atoms with Crippen LogP contribution in [0.5, 0.6) is 5.75 Å².